The summed E-state index contributed by atoms with van der Waals surface area (Å²) in [5.74, 6) is -0.387. The fourth-order valence-electron chi connectivity index (χ4n) is 3.76. The molecule has 0 aliphatic heterocycles. The molecule has 0 unspecified atom stereocenters. The van der Waals surface area contributed by atoms with Crippen LogP contribution in [-0.4, -0.2) is 31.2 Å². The zero-order chi connectivity index (χ0) is 21.4. The number of fused-ring (bicyclic) bond motifs is 2. The van der Waals surface area contributed by atoms with E-state index in [-0.39, 0.29) is 24.5 Å². The average molecular weight is 425 g/mol. The van der Waals surface area contributed by atoms with Crippen molar-refractivity contribution >= 4 is 45.1 Å². The van der Waals surface area contributed by atoms with Gasteiger partial charge in [0, 0.05) is 30.4 Å². The molecule has 0 saturated heterocycles. The van der Waals surface area contributed by atoms with Crippen LogP contribution in [0, 0.1) is 0 Å². The predicted molar refractivity (Wildman–Crippen MR) is 119 cm³/mol. The topological polar surface area (TPSA) is 64.7 Å². The number of carbonyl (C=O) groups is 1. The first-order valence-corrected chi connectivity index (χ1v) is 9.94. The van der Waals surface area contributed by atoms with Crippen molar-refractivity contribution in [2.45, 2.75) is 13.5 Å². The number of hydrogen-bond acceptors (Lipinski definition) is 5. The van der Waals surface area contributed by atoms with E-state index < -0.39 is 0 Å². The van der Waals surface area contributed by atoms with E-state index in [1.54, 1.807) is 37.6 Å². The Kier molecular flexibility index (Phi) is 5.26. The maximum absolute atomic E-state index is 13.3. The van der Waals surface area contributed by atoms with Gasteiger partial charge < -0.3 is 18.6 Å². The van der Waals surface area contributed by atoms with E-state index in [0.717, 1.165) is 11.1 Å². The van der Waals surface area contributed by atoms with Crippen molar-refractivity contribution in [1.82, 2.24) is 4.57 Å². The van der Waals surface area contributed by atoms with E-state index in [0.29, 0.717) is 32.5 Å². The minimum atomic E-state index is -0.387. The molecule has 0 amide bonds. The Morgan fingerprint density at radius 1 is 1.13 bits per heavy atom. The second kappa shape index (κ2) is 7.88. The number of rotatable bonds is 5. The van der Waals surface area contributed by atoms with Crippen LogP contribution in [0.1, 0.15) is 6.92 Å². The van der Waals surface area contributed by atoms with E-state index >= 15 is 0 Å². The molecule has 6 nitrogen and oxygen atoms in total. The van der Waals surface area contributed by atoms with Gasteiger partial charge in [0.05, 0.1) is 40.9 Å². The number of aromatic nitrogens is 1. The lowest BCUT2D eigenvalue weighted by molar-refractivity contribution is -0.143. The highest BCUT2D eigenvalue weighted by molar-refractivity contribution is 6.35. The smallest absolute Gasteiger partial charge is 0.325 e. The molecule has 0 aliphatic rings. The minimum Gasteiger partial charge on any atom is -0.472 e. The van der Waals surface area contributed by atoms with E-state index in [2.05, 4.69) is 0 Å². The molecule has 7 heteroatoms. The molecule has 30 heavy (non-hydrogen) atoms. The van der Waals surface area contributed by atoms with Crippen molar-refractivity contribution in [1.29, 1.82) is 0 Å². The van der Waals surface area contributed by atoms with E-state index in [1.165, 1.54) is 0 Å². The first-order valence-electron chi connectivity index (χ1n) is 9.56. The zero-order valence-electron chi connectivity index (χ0n) is 16.9. The van der Waals surface area contributed by atoms with Crippen LogP contribution in [0.5, 0.6) is 0 Å². The quantitative estimate of drug-likeness (QED) is 0.343. The SMILES string of the molecule is CCOC(=O)Cn1c2cc(-c3ccoc3)ccc2c(=O)c2ccc(Cl)c(N(C)C)c21. The summed E-state index contributed by atoms with van der Waals surface area (Å²) >= 11 is 6.50. The van der Waals surface area contributed by atoms with Crippen molar-refractivity contribution in [3.05, 3.63) is 64.2 Å². The summed E-state index contributed by atoms with van der Waals surface area (Å²) in [6.07, 6.45) is 3.23. The van der Waals surface area contributed by atoms with Crippen LogP contribution in [0.15, 0.2) is 58.1 Å². The number of hydrogen-bond donors (Lipinski definition) is 0. The molecule has 2 aromatic heterocycles. The summed E-state index contributed by atoms with van der Waals surface area (Å²) < 4.78 is 12.2. The van der Waals surface area contributed by atoms with Crippen LogP contribution in [-0.2, 0) is 16.1 Å². The van der Waals surface area contributed by atoms with Gasteiger partial charge in [-0.3, -0.25) is 9.59 Å². The number of nitrogens with zero attached hydrogens (tertiary/aromatic N) is 2. The van der Waals surface area contributed by atoms with Crippen LogP contribution in [0.25, 0.3) is 32.9 Å². The van der Waals surface area contributed by atoms with E-state index in [4.69, 9.17) is 20.8 Å². The molecule has 0 spiro atoms. The Hall–Kier alpha value is -3.25. The fourth-order valence-corrected chi connectivity index (χ4v) is 4.08. The Morgan fingerprint density at radius 3 is 2.57 bits per heavy atom. The number of pyridine rings is 1. The van der Waals surface area contributed by atoms with Gasteiger partial charge in [0.25, 0.3) is 0 Å². The maximum atomic E-state index is 13.3. The molecule has 0 aliphatic carbocycles. The molecule has 2 heterocycles. The second-order valence-corrected chi connectivity index (χ2v) is 7.56. The number of carbonyl (C=O) groups excluding carboxylic acids is 1. The van der Waals surface area contributed by atoms with Gasteiger partial charge in [-0.25, -0.2) is 0 Å². The Balaban J connectivity index is 2.15. The largest absolute Gasteiger partial charge is 0.472 e. The van der Waals surface area contributed by atoms with Gasteiger partial charge in [-0.05, 0) is 42.8 Å². The molecule has 2 aromatic carbocycles. The normalized spacial score (nSPS) is 11.2. The number of ether oxygens (including phenoxy) is 1. The van der Waals surface area contributed by atoms with Gasteiger partial charge in [0.1, 0.15) is 6.54 Å². The molecule has 0 bridgehead atoms. The summed E-state index contributed by atoms with van der Waals surface area (Å²) in [6.45, 7) is 1.99. The Labute approximate surface area is 178 Å². The van der Waals surface area contributed by atoms with Gasteiger partial charge in [0.15, 0.2) is 5.43 Å². The summed E-state index contributed by atoms with van der Waals surface area (Å²) in [5.41, 5.74) is 3.55. The van der Waals surface area contributed by atoms with Crippen LogP contribution >= 0.6 is 11.6 Å². The number of esters is 1. The predicted octanol–water partition coefficient (Wildman–Crippen LogP) is 4.70. The summed E-state index contributed by atoms with van der Waals surface area (Å²) in [5, 5.41) is 1.51. The molecule has 0 atom stereocenters. The average Bonchev–Trinajstić information content (AvgIpc) is 3.25. The highest BCUT2D eigenvalue weighted by Gasteiger charge is 2.20. The van der Waals surface area contributed by atoms with Gasteiger partial charge >= 0.3 is 5.97 Å². The van der Waals surface area contributed by atoms with Crippen molar-refractivity contribution in [3.8, 4) is 11.1 Å². The first-order chi connectivity index (χ1) is 14.4. The number of benzene rings is 2. The lowest BCUT2D eigenvalue weighted by Gasteiger charge is -2.22. The van der Waals surface area contributed by atoms with E-state index in [1.807, 2.05) is 41.8 Å². The lowest BCUT2D eigenvalue weighted by Crippen LogP contribution is -2.21. The monoisotopic (exact) mass is 424 g/mol. The van der Waals surface area contributed by atoms with Crippen molar-refractivity contribution in [3.63, 3.8) is 0 Å². The van der Waals surface area contributed by atoms with Crippen LogP contribution in [0.2, 0.25) is 5.02 Å². The van der Waals surface area contributed by atoms with Gasteiger partial charge in [-0.1, -0.05) is 17.7 Å². The molecule has 0 fully saturated rings. The molecule has 0 radical (unpaired) electrons. The number of halogens is 1. The minimum absolute atomic E-state index is 0.0445. The third kappa shape index (κ3) is 3.33. The number of anilines is 1. The maximum Gasteiger partial charge on any atom is 0.325 e. The Bertz CT molecular complexity index is 1310. The van der Waals surface area contributed by atoms with Crippen LogP contribution in [0.4, 0.5) is 5.69 Å². The number of furan rings is 1. The molecule has 154 valence electrons. The standard InChI is InChI=1S/C23H21ClN2O4/c1-4-30-20(27)12-26-19-11-14(15-9-10-29-13-15)5-6-16(19)23(28)17-7-8-18(24)22(21(17)26)25(2)3/h5-11,13H,4,12H2,1-3H3. The highest BCUT2D eigenvalue weighted by Crippen LogP contribution is 2.35. The second-order valence-electron chi connectivity index (χ2n) is 7.15. The Morgan fingerprint density at radius 2 is 1.90 bits per heavy atom. The molecule has 4 rings (SSSR count). The zero-order valence-corrected chi connectivity index (χ0v) is 17.7. The van der Waals surface area contributed by atoms with Crippen LogP contribution in [0.3, 0.4) is 0 Å². The van der Waals surface area contributed by atoms with Gasteiger partial charge in [-0.15, -0.1) is 0 Å². The molecule has 0 saturated carbocycles. The highest BCUT2D eigenvalue weighted by atomic mass is 35.5. The lowest BCUT2D eigenvalue weighted by atomic mass is 10.0. The summed E-state index contributed by atoms with van der Waals surface area (Å²) in [7, 11) is 3.71. The van der Waals surface area contributed by atoms with Crippen molar-refractivity contribution in [2.75, 3.05) is 25.6 Å². The van der Waals surface area contributed by atoms with Gasteiger partial charge in [-0.2, -0.15) is 0 Å². The van der Waals surface area contributed by atoms with Crippen molar-refractivity contribution in [2.24, 2.45) is 0 Å². The third-order valence-corrected chi connectivity index (χ3v) is 5.35. The summed E-state index contributed by atoms with van der Waals surface area (Å²) in [6, 6.07) is 10.8. The fraction of sp³-hybridized carbons (Fsp3) is 0.217. The van der Waals surface area contributed by atoms with Crippen molar-refractivity contribution < 1.29 is 13.9 Å². The molecule has 0 N–H and O–H groups in total. The molecular weight excluding hydrogens is 404 g/mol. The summed E-state index contributed by atoms with van der Waals surface area (Å²) in [4.78, 5) is 27.7. The first kappa shape index (κ1) is 20.0. The molecule has 4 aromatic rings. The van der Waals surface area contributed by atoms with Crippen LogP contribution < -0.4 is 10.3 Å². The third-order valence-electron chi connectivity index (χ3n) is 5.04. The molecular formula is C23H21ClN2O4. The van der Waals surface area contributed by atoms with E-state index in [9.17, 15) is 9.59 Å². The van der Waals surface area contributed by atoms with Gasteiger partial charge in [0.2, 0.25) is 0 Å².